The Labute approximate surface area is 166 Å². The Kier molecular flexibility index (Phi) is 7.18. The minimum absolute atomic E-state index is 0.558. The maximum atomic E-state index is 5.71. The molecule has 3 aromatic rings. The highest BCUT2D eigenvalue weighted by Crippen LogP contribution is 2.19. The highest BCUT2D eigenvalue weighted by Gasteiger charge is 2.03. The largest absolute Gasteiger partial charge is 0.497 e. The molecule has 0 spiro atoms. The lowest BCUT2D eigenvalue weighted by Crippen LogP contribution is -2.39. The zero-order valence-electron chi connectivity index (χ0n) is 16.5. The summed E-state index contributed by atoms with van der Waals surface area (Å²) in [6.45, 7) is 2.09. The highest BCUT2D eigenvalue weighted by atomic mass is 16.5. The summed E-state index contributed by atoms with van der Waals surface area (Å²) in [4.78, 5) is 7.58. The Morgan fingerprint density at radius 1 is 1.00 bits per heavy atom. The lowest BCUT2D eigenvalue weighted by atomic mass is 10.1. The molecule has 148 valence electrons. The van der Waals surface area contributed by atoms with E-state index < -0.39 is 0 Å². The molecular weight excluding hydrogens is 352 g/mol. The molecule has 6 nitrogen and oxygen atoms in total. The minimum atomic E-state index is 0.558. The van der Waals surface area contributed by atoms with Crippen LogP contribution < -0.4 is 20.1 Å². The van der Waals surface area contributed by atoms with Crippen molar-refractivity contribution in [2.45, 2.75) is 12.8 Å². The van der Waals surface area contributed by atoms with Crippen LogP contribution in [-0.4, -0.2) is 44.8 Å². The van der Waals surface area contributed by atoms with Gasteiger partial charge in [-0.3, -0.25) is 4.99 Å². The maximum absolute atomic E-state index is 5.71. The zero-order chi connectivity index (χ0) is 19.6. The number of aliphatic imine (C=N–C) groups is 1. The third kappa shape index (κ3) is 5.42. The molecule has 1 aromatic heterocycles. The number of methoxy groups -OCH3 is 1. The Morgan fingerprint density at radius 3 is 2.54 bits per heavy atom. The summed E-state index contributed by atoms with van der Waals surface area (Å²) < 4.78 is 10.9. The first-order valence-electron chi connectivity index (χ1n) is 9.56. The number of rotatable bonds is 9. The predicted molar refractivity (Wildman–Crippen MR) is 114 cm³/mol. The molecule has 28 heavy (non-hydrogen) atoms. The second-order valence-electron chi connectivity index (χ2n) is 6.41. The summed E-state index contributed by atoms with van der Waals surface area (Å²) >= 11 is 0. The molecule has 0 saturated carbocycles. The standard InChI is InChI=1S/C22H28N4O2/c1-23-22(25-14-15-28-19-11-9-18(27-2)10-12-19)24-13-5-6-17-16-26-21-8-4-3-7-20(17)21/h3-4,7-12,16,26H,5-6,13-15H2,1-2H3,(H2,23,24,25). The van der Waals surface area contributed by atoms with E-state index in [-0.39, 0.29) is 0 Å². The third-order valence-corrected chi connectivity index (χ3v) is 4.54. The van der Waals surface area contributed by atoms with Crippen LogP contribution in [0.2, 0.25) is 0 Å². The van der Waals surface area contributed by atoms with Crippen molar-refractivity contribution in [3.8, 4) is 11.5 Å². The van der Waals surface area contributed by atoms with E-state index in [2.05, 4.69) is 51.1 Å². The molecule has 1 heterocycles. The first-order valence-corrected chi connectivity index (χ1v) is 9.56. The second kappa shape index (κ2) is 10.3. The molecule has 6 heteroatoms. The van der Waals surface area contributed by atoms with E-state index in [4.69, 9.17) is 9.47 Å². The molecule has 3 rings (SSSR count). The summed E-state index contributed by atoms with van der Waals surface area (Å²) in [6, 6.07) is 16.0. The molecule has 0 aliphatic rings. The topological polar surface area (TPSA) is 70.7 Å². The zero-order valence-corrected chi connectivity index (χ0v) is 16.5. The monoisotopic (exact) mass is 380 g/mol. The number of guanidine groups is 1. The number of aromatic nitrogens is 1. The van der Waals surface area contributed by atoms with E-state index in [9.17, 15) is 0 Å². The van der Waals surface area contributed by atoms with Gasteiger partial charge in [-0.2, -0.15) is 0 Å². The number of nitrogens with one attached hydrogen (secondary N) is 3. The van der Waals surface area contributed by atoms with Crippen molar-refractivity contribution in [1.29, 1.82) is 0 Å². The van der Waals surface area contributed by atoms with Gasteiger partial charge in [-0.1, -0.05) is 18.2 Å². The van der Waals surface area contributed by atoms with Gasteiger partial charge in [-0.05, 0) is 48.7 Å². The van der Waals surface area contributed by atoms with E-state index >= 15 is 0 Å². The molecule has 0 aliphatic heterocycles. The Bertz CT molecular complexity index is 887. The van der Waals surface area contributed by atoms with Crippen molar-refractivity contribution in [3.05, 3.63) is 60.3 Å². The maximum Gasteiger partial charge on any atom is 0.191 e. The van der Waals surface area contributed by atoms with Gasteiger partial charge in [0.05, 0.1) is 13.7 Å². The van der Waals surface area contributed by atoms with Crippen LogP contribution in [0, 0.1) is 0 Å². The fourth-order valence-electron chi connectivity index (χ4n) is 3.05. The van der Waals surface area contributed by atoms with Crippen molar-refractivity contribution in [2.24, 2.45) is 4.99 Å². The summed E-state index contributed by atoms with van der Waals surface area (Å²) in [5.74, 6) is 2.43. The number of para-hydroxylation sites is 1. The molecule has 0 bridgehead atoms. The minimum Gasteiger partial charge on any atom is -0.497 e. The van der Waals surface area contributed by atoms with Gasteiger partial charge in [0.1, 0.15) is 18.1 Å². The second-order valence-corrected chi connectivity index (χ2v) is 6.41. The van der Waals surface area contributed by atoms with Gasteiger partial charge in [0.25, 0.3) is 0 Å². The molecule has 0 radical (unpaired) electrons. The van der Waals surface area contributed by atoms with Crippen molar-refractivity contribution in [1.82, 2.24) is 15.6 Å². The molecule has 0 amide bonds. The van der Waals surface area contributed by atoms with Crippen LogP contribution in [0.15, 0.2) is 59.7 Å². The third-order valence-electron chi connectivity index (χ3n) is 4.54. The first-order chi connectivity index (χ1) is 13.8. The van der Waals surface area contributed by atoms with Crippen molar-refractivity contribution < 1.29 is 9.47 Å². The molecule has 0 saturated heterocycles. The number of fused-ring (bicyclic) bond motifs is 1. The van der Waals surface area contributed by atoms with Gasteiger partial charge >= 0.3 is 0 Å². The summed E-state index contributed by atoms with van der Waals surface area (Å²) in [5.41, 5.74) is 2.55. The van der Waals surface area contributed by atoms with Crippen molar-refractivity contribution in [3.63, 3.8) is 0 Å². The molecular formula is C22H28N4O2. The predicted octanol–water partition coefficient (Wildman–Crippen LogP) is 3.35. The number of ether oxygens (including phenoxy) is 2. The molecule has 3 N–H and O–H groups in total. The number of benzene rings is 2. The van der Waals surface area contributed by atoms with E-state index in [0.29, 0.717) is 13.2 Å². The number of aromatic amines is 1. The molecule has 2 aromatic carbocycles. The number of nitrogens with zero attached hydrogens (tertiary/aromatic N) is 1. The summed E-state index contributed by atoms with van der Waals surface area (Å²) in [6.07, 6.45) is 4.16. The normalized spacial score (nSPS) is 11.4. The Morgan fingerprint density at radius 2 is 1.75 bits per heavy atom. The van der Waals surface area contributed by atoms with Crippen LogP contribution in [0.4, 0.5) is 0 Å². The van der Waals surface area contributed by atoms with Gasteiger partial charge in [0.2, 0.25) is 0 Å². The summed E-state index contributed by atoms with van der Waals surface area (Å²) in [5, 5.41) is 7.92. The number of aryl methyl sites for hydroxylation is 1. The van der Waals surface area contributed by atoms with Gasteiger partial charge < -0.3 is 25.1 Å². The Balaban J connectivity index is 1.33. The van der Waals surface area contributed by atoms with Crippen LogP contribution in [0.5, 0.6) is 11.5 Å². The summed E-state index contributed by atoms with van der Waals surface area (Å²) in [7, 11) is 3.43. The van der Waals surface area contributed by atoms with E-state index in [1.807, 2.05) is 24.3 Å². The number of H-pyrrole nitrogens is 1. The fraction of sp³-hybridized carbons (Fsp3) is 0.318. The average molecular weight is 380 g/mol. The van der Waals surface area contributed by atoms with Crippen LogP contribution >= 0.6 is 0 Å². The Hall–Kier alpha value is -3.15. The van der Waals surface area contributed by atoms with Crippen LogP contribution in [0.3, 0.4) is 0 Å². The highest BCUT2D eigenvalue weighted by molar-refractivity contribution is 5.83. The van der Waals surface area contributed by atoms with Gasteiger partial charge in [-0.15, -0.1) is 0 Å². The van der Waals surface area contributed by atoms with Gasteiger partial charge in [-0.25, -0.2) is 0 Å². The molecule has 0 unspecified atom stereocenters. The average Bonchev–Trinajstić information content (AvgIpc) is 3.16. The van der Waals surface area contributed by atoms with Crippen LogP contribution in [0.25, 0.3) is 10.9 Å². The van der Waals surface area contributed by atoms with Crippen LogP contribution in [-0.2, 0) is 6.42 Å². The smallest absolute Gasteiger partial charge is 0.191 e. The van der Waals surface area contributed by atoms with E-state index in [1.165, 1.54) is 16.5 Å². The lowest BCUT2D eigenvalue weighted by molar-refractivity contribution is 0.321. The quantitative estimate of drug-likeness (QED) is 0.302. The molecule has 0 atom stereocenters. The lowest BCUT2D eigenvalue weighted by Gasteiger charge is -2.12. The van der Waals surface area contributed by atoms with E-state index in [0.717, 1.165) is 36.8 Å². The van der Waals surface area contributed by atoms with Crippen molar-refractivity contribution in [2.75, 3.05) is 33.9 Å². The number of hydrogen-bond acceptors (Lipinski definition) is 3. The molecule has 0 aliphatic carbocycles. The molecule has 0 fully saturated rings. The van der Waals surface area contributed by atoms with Crippen molar-refractivity contribution >= 4 is 16.9 Å². The van der Waals surface area contributed by atoms with Gasteiger partial charge in [0.15, 0.2) is 5.96 Å². The van der Waals surface area contributed by atoms with E-state index in [1.54, 1.807) is 14.2 Å². The number of hydrogen-bond donors (Lipinski definition) is 3. The van der Waals surface area contributed by atoms with Crippen LogP contribution in [0.1, 0.15) is 12.0 Å². The first kappa shape index (κ1) is 19.6. The fourth-order valence-corrected chi connectivity index (χ4v) is 3.05. The van der Waals surface area contributed by atoms with Gasteiger partial charge in [0, 0.05) is 30.7 Å². The SMILES string of the molecule is CN=C(NCCCc1c[nH]c2ccccc12)NCCOc1ccc(OC)cc1.